The van der Waals surface area contributed by atoms with Crippen molar-refractivity contribution >= 4 is 11.8 Å². The fraction of sp³-hybridized carbons (Fsp3) is 0.333. The lowest BCUT2D eigenvalue weighted by Crippen LogP contribution is -2.13. The van der Waals surface area contributed by atoms with Crippen LogP contribution in [0.15, 0.2) is 53.4 Å². The first-order valence-electron chi connectivity index (χ1n) is 7.26. The van der Waals surface area contributed by atoms with Gasteiger partial charge in [0.15, 0.2) is 0 Å². The van der Waals surface area contributed by atoms with Gasteiger partial charge >= 0.3 is 0 Å². The van der Waals surface area contributed by atoms with Gasteiger partial charge in [-0.15, -0.1) is 11.8 Å². The van der Waals surface area contributed by atoms with Crippen LogP contribution in [0.25, 0.3) is 0 Å². The van der Waals surface area contributed by atoms with Gasteiger partial charge in [-0.25, -0.2) is 0 Å². The highest BCUT2D eigenvalue weighted by Gasteiger charge is 2.07. The SMILES string of the molecule is Cc1ccc(SCC(N)c2ccc(OC(C)C)cc2)cc1. The van der Waals surface area contributed by atoms with Gasteiger partial charge in [0.05, 0.1) is 6.10 Å². The number of hydrogen-bond donors (Lipinski definition) is 1. The zero-order valence-electron chi connectivity index (χ0n) is 12.9. The van der Waals surface area contributed by atoms with Crippen LogP contribution in [0.5, 0.6) is 5.75 Å². The van der Waals surface area contributed by atoms with E-state index in [1.165, 1.54) is 10.5 Å². The highest BCUT2D eigenvalue weighted by atomic mass is 32.2. The lowest BCUT2D eigenvalue weighted by molar-refractivity contribution is 0.242. The third kappa shape index (κ3) is 5.10. The number of thioether (sulfide) groups is 1. The third-order valence-corrected chi connectivity index (χ3v) is 4.26. The molecule has 0 saturated heterocycles. The number of rotatable bonds is 6. The second-order valence-electron chi connectivity index (χ2n) is 5.47. The first kappa shape index (κ1) is 15.9. The average molecular weight is 301 g/mol. The summed E-state index contributed by atoms with van der Waals surface area (Å²) in [7, 11) is 0. The molecule has 0 saturated carbocycles. The minimum Gasteiger partial charge on any atom is -0.491 e. The van der Waals surface area contributed by atoms with Crippen molar-refractivity contribution in [1.29, 1.82) is 0 Å². The van der Waals surface area contributed by atoms with Gasteiger partial charge in [-0.2, -0.15) is 0 Å². The van der Waals surface area contributed by atoms with Gasteiger partial charge in [0.1, 0.15) is 5.75 Å². The van der Waals surface area contributed by atoms with Crippen LogP contribution in [0.3, 0.4) is 0 Å². The Balaban J connectivity index is 1.90. The Morgan fingerprint density at radius 1 is 1.00 bits per heavy atom. The van der Waals surface area contributed by atoms with Crippen LogP contribution in [-0.4, -0.2) is 11.9 Å². The maximum absolute atomic E-state index is 6.26. The molecule has 0 aromatic heterocycles. The Morgan fingerprint density at radius 3 is 2.19 bits per heavy atom. The third-order valence-electron chi connectivity index (χ3n) is 3.13. The van der Waals surface area contributed by atoms with E-state index in [1.54, 1.807) is 11.8 Å². The van der Waals surface area contributed by atoms with E-state index in [9.17, 15) is 0 Å². The van der Waals surface area contributed by atoms with E-state index < -0.39 is 0 Å². The monoisotopic (exact) mass is 301 g/mol. The van der Waals surface area contributed by atoms with Crippen LogP contribution in [0.4, 0.5) is 0 Å². The molecule has 2 N–H and O–H groups in total. The first-order chi connectivity index (χ1) is 10.0. The highest BCUT2D eigenvalue weighted by molar-refractivity contribution is 7.99. The number of aryl methyl sites for hydroxylation is 1. The molecule has 1 atom stereocenters. The fourth-order valence-corrected chi connectivity index (χ4v) is 2.88. The summed E-state index contributed by atoms with van der Waals surface area (Å²) < 4.78 is 5.64. The lowest BCUT2D eigenvalue weighted by atomic mass is 10.1. The second-order valence-corrected chi connectivity index (χ2v) is 6.56. The molecule has 0 aliphatic rings. The molecular weight excluding hydrogens is 278 g/mol. The predicted octanol–water partition coefficient (Wildman–Crippen LogP) is 4.57. The van der Waals surface area contributed by atoms with Crippen LogP contribution < -0.4 is 10.5 Å². The highest BCUT2D eigenvalue weighted by Crippen LogP contribution is 2.25. The van der Waals surface area contributed by atoms with E-state index in [0.29, 0.717) is 0 Å². The van der Waals surface area contributed by atoms with Crippen molar-refractivity contribution in [2.45, 2.75) is 37.8 Å². The normalized spacial score (nSPS) is 12.4. The van der Waals surface area contributed by atoms with Gasteiger partial charge in [-0.3, -0.25) is 0 Å². The van der Waals surface area contributed by atoms with Crippen molar-refractivity contribution in [3.05, 3.63) is 59.7 Å². The predicted molar refractivity (Wildman–Crippen MR) is 91.0 cm³/mol. The summed E-state index contributed by atoms with van der Waals surface area (Å²) in [5.41, 5.74) is 8.69. The molecule has 0 aliphatic carbocycles. The second kappa shape index (κ2) is 7.53. The number of nitrogens with two attached hydrogens (primary N) is 1. The molecule has 112 valence electrons. The molecule has 2 rings (SSSR count). The van der Waals surface area contributed by atoms with Gasteiger partial charge in [0, 0.05) is 16.7 Å². The molecule has 0 heterocycles. The molecule has 2 nitrogen and oxygen atoms in total. The van der Waals surface area contributed by atoms with Gasteiger partial charge in [0.25, 0.3) is 0 Å². The number of ether oxygens (including phenoxy) is 1. The van der Waals surface area contributed by atoms with Crippen LogP contribution in [0.1, 0.15) is 31.0 Å². The molecule has 21 heavy (non-hydrogen) atoms. The molecule has 0 aliphatic heterocycles. The summed E-state index contributed by atoms with van der Waals surface area (Å²) in [6.45, 7) is 6.15. The summed E-state index contributed by atoms with van der Waals surface area (Å²) in [6, 6.07) is 16.7. The minimum atomic E-state index is 0.0319. The van der Waals surface area contributed by atoms with Gasteiger partial charge in [-0.05, 0) is 50.6 Å². The van der Waals surface area contributed by atoms with E-state index in [-0.39, 0.29) is 12.1 Å². The van der Waals surface area contributed by atoms with E-state index >= 15 is 0 Å². The summed E-state index contributed by atoms with van der Waals surface area (Å²) in [6.07, 6.45) is 0.196. The molecule has 0 fully saturated rings. The van der Waals surface area contributed by atoms with Gasteiger partial charge < -0.3 is 10.5 Å². The number of hydrogen-bond acceptors (Lipinski definition) is 3. The van der Waals surface area contributed by atoms with Gasteiger partial charge in [0.2, 0.25) is 0 Å². The van der Waals surface area contributed by atoms with Gasteiger partial charge in [-0.1, -0.05) is 29.8 Å². The zero-order chi connectivity index (χ0) is 15.2. The number of benzene rings is 2. The summed E-state index contributed by atoms with van der Waals surface area (Å²) >= 11 is 1.79. The van der Waals surface area contributed by atoms with Crippen molar-refractivity contribution in [3.63, 3.8) is 0 Å². The maximum Gasteiger partial charge on any atom is 0.119 e. The Labute approximate surface area is 131 Å². The topological polar surface area (TPSA) is 35.2 Å². The van der Waals surface area contributed by atoms with Crippen LogP contribution in [-0.2, 0) is 0 Å². The Morgan fingerprint density at radius 2 is 1.62 bits per heavy atom. The van der Waals surface area contributed by atoms with Crippen LogP contribution in [0.2, 0.25) is 0 Å². The van der Waals surface area contributed by atoms with Crippen molar-refractivity contribution in [2.24, 2.45) is 5.73 Å². The standard InChI is InChI=1S/C18H23NOS/c1-13(2)20-16-8-6-15(7-9-16)18(19)12-21-17-10-4-14(3)5-11-17/h4-11,13,18H,12,19H2,1-3H3. The van der Waals surface area contributed by atoms with Crippen molar-refractivity contribution in [3.8, 4) is 5.75 Å². The summed E-state index contributed by atoms with van der Waals surface area (Å²) in [4.78, 5) is 1.26. The summed E-state index contributed by atoms with van der Waals surface area (Å²) in [5.74, 6) is 1.76. The Hall–Kier alpha value is -1.45. The van der Waals surface area contributed by atoms with Crippen LogP contribution >= 0.6 is 11.8 Å². The Kier molecular flexibility index (Phi) is 5.71. The van der Waals surface area contributed by atoms with Crippen molar-refractivity contribution in [2.75, 3.05) is 5.75 Å². The van der Waals surface area contributed by atoms with Crippen LogP contribution in [0, 0.1) is 6.92 Å². The molecule has 2 aromatic carbocycles. The molecule has 0 spiro atoms. The zero-order valence-corrected chi connectivity index (χ0v) is 13.7. The minimum absolute atomic E-state index is 0.0319. The molecule has 0 amide bonds. The van der Waals surface area contributed by atoms with E-state index in [1.807, 2.05) is 26.0 Å². The molecule has 2 aromatic rings. The maximum atomic E-state index is 6.26. The smallest absolute Gasteiger partial charge is 0.119 e. The molecule has 0 radical (unpaired) electrons. The van der Waals surface area contributed by atoms with E-state index in [2.05, 4.69) is 43.3 Å². The quantitative estimate of drug-likeness (QED) is 0.794. The van der Waals surface area contributed by atoms with E-state index in [4.69, 9.17) is 10.5 Å². The fourth-order valence-electron chi connectivity index (χ4n) is 1.98. The Bertz CT molecular complexity index is 548. The molecule has 1 unspecified atom stereocenters. The summed E-state index contributed by atoms with van der Waals surface area (Å²) in [5, 5.41) is 0. The molecular formula is C18H23NOS. The van der Waals surface area contributed by atoms with Crippen molar-refractivity contribution < 1.29 is 4.74 Å². The van der Waals surface area contributed by atoms with E-state index in [0.717, 1.165) is 17.1 Å². The lowest BCUT2D eigenvalue weighted by Gasteiger charge is -2.14. The molecule has 0 bridgehead atoms. The van der Waals surface area contributed by atoms with Crippen molar-refractivity contribution in [1.82, 2.24) is 0 Å². The first-order valence-corrected chi connectivity index (χ1v) is 8.25. The average Bonchev–Trinajstić information content (AvgIpc) is 2.46. The largest absolute Gasteiger partial charge is 0.491 e. The molecule has 3 heteroatoms.